The lowest BCUT2D eigenvalue weighted by atomic mass is 10.0. The Morgan fingerprint density at radius 2 is 2.00 bits per heavy atom. The molecule has 3 atom stereocenters. The number of hydrogen-bond donors (Lipinski definition) is 1. The molecule has 1 aliphatic rings. The number of amides is 1. The van der Waals surface area contributed by atoms with Crippen LogP contribution in [0.2, 0.25) is 0 Å². The molecular formula is C22H28BrN3O5S. The van der Waals surface area contributed by atoms with E-state index in [0.717, 1.165) is 5.56 Å². The highest BCUT2D eigenvalue weighted by molar-refractivity contribution is 9.10. The van der Waals surface area contributed by atoms with Crippen molar-refractivity contribution in [2.24, 2.45) is 5.92 Å². The Hall–Kier alpha value is -2.01. The van der Waals surface area contributed by atoms with Crippen LogP contribution >= 0.6 is 15.9 Å². The average molecular weight is 526 g/mol. The number of carbonyl (C=O) groups excluding carboxylic acids is 1. The number of fused-ring (bicyclic) bond motifs is 1. The third kappa shape index (κ3) is 5.14. The van der Waals surface area contributed by atoms with Gasteiger partial charge >= 0.3 is 0 Å². The van der Waals surface area contributed by atoms with Gasteiger partial charge in [-0.15, -0.1) is 0 Å². The van der Waals surface area contributed by atoms with Crippen molar-refractivity contribution >= 4 is 31.9 Å². The van der Waals surface area contributed by atoms with Gasteiger partial charge in [-0.25, -0.2) is 13.4 Å². The number of aryl methyl sites for hydroxylation is 1. The molecular weight excluding hydrogens is 498 g/mol. The number of sulfonamides is 1. The molecule has 1 N–H and O–H groups in total. The second-order valence-corrected chi connectivity index (χ2v) is 11.2. The van der Waals surface area contributed by atoms with E-state index in [1.165, 1.54) is 17.5 Å². The van der Waals surface area contributed by atoms with E-state index < -0.39 is 22.2 Å². The molecule has 8 nitrogen and oxygen atoms in total. The zero-order valence-corrected chi connectivity index (χ0v) is 20.9. The highest BCUT2D eigenvalue weighted by Crippen LogP contribution is 2.29. The molecule has 0 aliphatic carbocycles. The summed E-state index contributed by atoms with van der Waals surface area (Å²) in [6, 6.07) is 7.90. The van der Waals surface area contributed by atoms with Crippen molar-refractivity contribution in [3.63, 3.8) is 0 Å². The summed E-state index contributed by atoms with van der Waals surface area (Å²) in [6.07, 6.45) is 0.969. The highest BCUT2D eigenvalue weighted by Gasteiger charge is 2.35. The molecule has 0 bridgehead atoms. The van der Waals surface area contributed by atoms with E-state index in [1.807, 2.05) is 13.8 Å². The second-order valence-electron chi connectivity index (χ2n) is 8.23. The Balaban J connectivity index is 1.94. The van der Waals surface area contributed by atoms with Crippen LogP contribution < -0.4 is 4.74 Å². The minimum absolute atomic E-state index is 0.0735. The molecule has 1 amide bonds. The minimum atomic E-state index is -3.72. The van der Waals surface area contributed by atoms with Crippen LogP contribution in [0.5, 0.6) is 5.88 Å². The Morgan fingerprint density at radius 1 is 1.34 bits per heavy atom. The molecule has 1 aliphatic heterocycles. The quantitative estimate of drug-likeness (QED) is 0.622. The average Bonchev–Trinajstić information content (AvgIpc) is 2.76. The summed E-state index contributed by atoms with van der Waals surface area (Å²) in [5.74, 6) is -0.366. The predicted octanol–water partition coefficient (Wildman–Crippen LogP) is 2.69. The number of hydrogen-bond acceptors (Lipinski definition) is 6. The molecule has 3 rings (SSSR count). The van der Waals surface area contributed by atoms with Gasteiger partial charge in [-0.1, -0.05) is 24.6 Å². The Bertz CT molecular complexity index is 1080. The fourth-order valence-electron chi connectivity index (χ4n) is 3.54. The number of halogens is 1. The lowest BCUT2D eigenvalue weighted by Crippen LogP contribution is -2.50. The van der Waals surface area contributed by atoms with Crippen LogP contribution in [-0.4, -0.2) is 72.5 Å². The largest absolute Gasteiger partial charge is 0.472 e. The highest BCUT2D eigenvalue weighted by atomic mass is 79.9. The summed E-state index contributed by atoms with van der Waals surface area (Å²) >= 11 is 3.34. The lowest BCUT2D eigenvalue weighted by Gasteiger charge is -2.37. The van der Waals surface area contributed by atoms with E-state index in [0.29, 0.717) is 11.0 Å². The van der Waals surface area contributed by atoms with Crippen LogP contribution in [0.15, 0.2) is 45.9 Å². The van der Waals surface area contributed by atoms with Crippen LogP contribution in [0.3, 0.4) is 0 Å². The zero-order chi connectivity index (χ0) is 23.6. The SMILES string of the molecule is Cc1ccc(S(=O)(=O)N(C)C[C@H]2Oc3ncc(Br)cc3C(=O)N([C@@H](C)CO)C[C@H]2C)cc1. The van der Waals surface area contributed by atoms with Gasteiger partial charge in [-0.2, -0.15) is 4.31 Å². The number of likely N-dealkylation sites (N-methyl/N-ethyl adjacent to an activating group) is 1. The van der Waals surface area contributed by atoms with Gasteiger partial charge in [-0.05, 0) is 48.0 Å². The molecule has 174 valence electrons. The summed E-state index contributed by atoms with van der Waals surface area (Å²) < 4.78 is 34.2. The van der Waals surface area contributed by atoms with Gasteiger partial charge in [-0.3, -0.25) is 4.79 Å². The summed E-state index contributed by atoms with van der Waals surface area (Å²) in [4.78, 5) is 19.2. The first-order valence-corrected chi connectivity index (χ1v) is 12.5. The van der Waals surface area contributed by atoms with Crippen molar-refractivity contribution in [1.82, 2.24) is 14.2 Å². The Morgan fingerprint density at radius 3 is 2.62 bits per heavy atom. The summed E-state index contributed by atoms with van der Waals surface area (Å²) in [7, 11) is -2.21. The smallest absolute Gasteiger partial charge is 0.259 e. The van der Waals surface area contributed by atoms with Gasteiger partial charge in [0.2, 0.25) is 15.9 Å². The van der Waals surface area contributed by atoms with Gasteiger partial charge in [0.15, 0.2) is 0 Å². The maximum atomic E-state index is 13.2. The number of ether oxygens (including phenoxy) is 1. The van der Waals surface area contributed by atoms with Crippen LogP contribution in [0.25, 0.3) is 0 Å². The molecule has 0 fully saturated rings. The molecule has 32 heavy (non-hydrogen) atoms. The topological polar surface area (TPSA) is 100 Å². The first-order chi connectivity index (χ1) is 15.0. The van der Waals surface area contributed by atoms with Crippen molar-refractivity contribution < 1.29 is 23.1 Å². The number of rotatable bonds is 6. The van der Waals surface area contributed by atoms with Crippen molar-refractivity contribution in [2.45, 2.75) is 37.8 Å². The predicted molar refractivity (Wildman–Crippen MR) is 124 cm³/mol. The van der Waals surface area contributed by atoms with Crippen LogP contribution in [0.4, 0.5) is 0 Å². The third-order valence-electron chi connectivity index (χ3n) is 5.65. The number of carbonyl (C=O) groups is 1. The summed E-state index contributed by atoms with van der Waals surface area (Å²) in [6.45, 7) is 5.74. The third-order valence-corrected chi connectivity index (χ3v) is 7.93. The maximum Gasteiger partial charge on any atom is 0.259 e. The number of benzene rings is 1. The number of pyridine rings is 1. The lowest BCUT2D eigenvalue weighted by molar-refractivity contribution is 0.0373. The number of aliphatic hydroxyl groups is 1. The molecule has 0 saturated carbocycles. The standard InChI is InChI=1S/C22H28BrN3O5S/c1-14-5-7-18(8-6-14)32(29,30)25(4)12-20-15(2)11-26(16(3)13-27)22(28)19-9-17(23)10-24-21(19)31-20/h5-10,15-16,20,27H,11-13H2,1-4H3/t15-,16+,20-/m1/s1. The van der Waals surface area contributed by atoms with Crippen molar-refractivity contribution in [2.75, 3.05) is 26.7 Å². The van der Waals surface area contributed by atoms with E-state index in [9.17, 15) is 18.3 Å². The minimum Gasteiger partial charge on any atom is -0.472 e. The van der Waals surface area contributed by atoms with Gasteiger partial charge in [0, 0.05) is 30.2 Å². The Labute approximate surface area is 197 Å². The molecule has 0 radical (unpaired) electrons. The molecule has 1 aromatic heterocycles. The van der Waals surface area contributed by atoms with Gasteiger partial charge in [0.25, 0.3) is 5.91 Å². The van der Waals surface area contributed by atoms with Crippen LogP contribution in [-0.2, 0) is 10.0 Å². The van der Waals surface area contributed by atoms with E-state index in [1.54, 1.807) is 42.2 Å². The fraction of sp³-hybridized carbons (Fsp3) is 0.455. The van der Waals surface area contributed by atoms with Gasteiger partial charge < -0.3 is 14.7 Å². The monoisotopic (exact) mass is 525 g/mol. The van der Waals surface area contributed by atoms with Crippen molar-refractivity contribution in [3.05, 3.63) is 52.1 Å². The van der Waals surface area contributed by atoms with Gasteiger partial charge in [0.05, 0.1) is 24.1 Å². The van der Waals surface area contributed by atoms with Crippen molar-refractivity contribution in [3.8, 4) is 5.88 Å². The normalized spacial score (nSPS) is 20.3. The van der Waals surface area contributed by atoms with E-state index in [-0.39, 0.29) is 41.3 Å². The molecule has 2 heterocycles. The number of aliphatic hydroxyl groups excluding tert-OH is 1. The van der Waals surface area contributed by atoms with E-state index in [2.05, 4.69) is 20.9 Å². The molecule has 2 aromatic rings. The molecule has 10 heteroatoms. The van der Waals surface area contributed by atoms with Crippen molar-refractivity contribution in [1.29, 1.82) is 0 Å². The maximum absolute atomic E-state index is 13.2. The van der Waals surface area contributed by atoms with E-state index in [4.69, 9.17) is 4.74 Å². The number of nitrogens with zero attached hydrogens (tertiary/aromatic N) is 3. The van der Waals surface area contributed by atoms with Gasteiger partial charge in [0.1, 0.15) is 11.7 Å². The molecule has 0 unspecified atom stereocenters. The van der Waals surface area contributed by atoms with Crippen LogP contribution in [0.1, 0.15) is 29.8 Å². The molecule has 1 aromatic carbocycles. The Kier molecular flexibility index (Phi) is 7.59. The first kappa shape index (κ1) is 24.6. The summed E-state index contributed by atoms with van der Waals surface area (Å²) in [5.41, 5.74) is 1.24. The number of aromatic nitrogens is 1. The fourth-order valence-corrected chi connectivity index (χ4v) is 5.05. The van der Waals surface area contributed by atoms with E-state index >= 15 is 0 Å². The zero-order valence-electron chi connectivity index (χ0n) is 18.5. The second kappa shape index (κ2) is 9.86. The first-order valence-electron chi connectivity index (χ1n) is 10.3. The summed E-state index contributed by atoms with van der Waals surface area (Å²) in [5, 5.41) is 9.68. The van der Waals surface area contributed by atoms with Crippen LogP contribution in [0, 0.1) is 12.8 Å². The molecule has 0 spiro atoms. The molecule has 0 saturated heterocycles.